The minimum atomic E-state index is 0.512. The van der Waals surface area contributed by atoms with Crippen LogP contribution in [0, 0.1) is 13.8 Å². The molecule has 0 amide bonds. The number of para-hydroxylation sites is 1. The minimum Gasteiger partial charge on any atom is -0.382 e. The summed E-state index contributed by atoms with van der Waals surface area (Å²) >= 11 is 0. The summed E-state index contributed by atoms with van der Waals surface area (Å²) in [5, 5.41) is 0. The van der Waals surface area contributed by atoms with Crippen molar-refractivity contribution < 1.29 is 0 Å². The Morgan fingerprint density at radius 3 is 2.69 bits per heavy atom. The number of anilines is 1. The van der Waals surface area contributed by atoms with E-state index in [-0.39, 0.29) is 0 Å². The molecule has 3 heteroatoms. The summed E-state index contributed by atoms with van der Waals surface area (Å²) in [6.45, 7) is 3.89. The molecular formula is C10H11N3. The monoisotopic (exact) mass is 173 g/mol. The van der Waals surface area contributed by atoms with Gasteiger partial charge in [-0.05, 0) is 25.5 Å². The number of aryl methyl sites for hydroxylation is 2. The van der Waals surface area contributed by atoms with Gasteiger partial charge in [0.25, 0.3) is 0 Å². The van der Waals surface area contributed by atoms with Crippen molar-refractivity contribution in [3.63, 3.8) is 0 Å². The molecule has 0 aliphatic rings. The topological polar surface area (TPSA) is 51.8 Å². The van der Waals surface area contributed by atoms with E-state index in [1.807, 2.05) is 32.0 Å². The molecule has 1 aromatic carbocycles. The van der Waals surface area contributed by atoms with Crippen LogP contribution in [0.4, 0.5) is 5.82 Å². The summed E-state index contributed by atoms with van der Waals surface area (Å²) in [5.41, 5.74) is 9.39. The maximum atomic E-state index is 5.66. The van der Waals surface area contributed by atoms with Gasteiger partial charge in [-0.1, -0.05) is 12.1 Å². The Hall–Kier alpha value is -1.64. The van der Waals surface area contributed by atoms with Crippen LogP contribution in [0.25, 0.3) is 11.0 Å². The van der Waals surface area contributed by atoms with Gasteiger partial charge in [0.1, 0.15) is 5.82 Å². The first-order chi connectivity index (χ1) is 6.18. The standard InChI is InChI=1S/C10H11N3/c1-6-4-3-5-8-9(6)12-7(2)10(11)13-8/h3-5H,1-2H3,(H2,11,13). The zero-order valence-electron chi connectivity index (χ0n) is 7.70. The van der Waals surface area contributed by atoms with Crippen LogP contribution < -0.4 is 5.73 Å². The highest BCUT2D eigenvalue weighted by atomic mass is 14.9. The van der Waals surface area contributed by atoms with Crippen LogP contribution in [0.3, 0.4) is 0 Å². The van der Waals surface area contributed by atoms with E-state index in [1.165, 1.54) is 0 Å². The van der Waals surface area contributed by atoms with Gasteiger partial charge in [-0.15, -0.1) is 0 Å². The van der Waals surface area contributed by atoms with Crippen LogP contribution in [-0.4, -0.2) is 9.97 Å². The Bertz CT molecular complexity index is 463. The molecule has 0 unspecified atom stereocenters. The summed E-state index contributed by atoms with van der Waals surface area (Å²) < 4.78 is 0. The van der Waals surface area contributed by atoms with E-state index in [0.29, 0.717) is 5.82 Å². The highest BCUT2D eigenvalue weighted by Crippen LogP contribution is 2.16. The number of hydrogen-bond acceptors (Lipinski definition) is 3. The first-order valence-electron chi connectivity index (χ1n) is 4.18. The normalized spacial score (nSPS) is 10.6. The third-order valence-corrected chi connectivity index (χ3v) is 2.11. The summed E-state index contributed by atoms with van der Waals surface area (Å²) in [5.74, 6) is 0.512. The molecule has 0 fully saturated rings. The smallest absolute Gasteiger partial charge is 0.145 e. The van der Waals surface area contributed by atoms with Gasteiger partial charge in [0.2, 0.25) is 0 Å². The predicted octanol–water partition coefficient (Wildman–Crippen LogP) is 1.83. The van der Waals surface area contributed by atoms with E-state index < -0.39 is 0 Å². The number of nitrogen functional groups attached to an aromatic ring is 1. The molecule has 3 nitrogen and oxygen atoms in total. The van der Waals surface area contributed by atoms with Crippen molar-refractivity contribution >= 4 is 16.9 Å². The van der Waals surface area contributed by atoms with E-state index in [2.05, 4.69) is 9.97 Å². The zero-order chi connectivity index (χ0) is 9.42. The summed E-state index contributed by atoms with van der Waals surface area (Å²) in [6.07, 6.45) is 0. The second-order valence-corrected chi connectivity index (χ2v) is 3.14. The maximum Gasteiger partial charge on any atom is 0.145 e. The molecule has 0 atom stereocenters. The lowest BCUT2D eigenvalue weighted by molar-refractivity contribution is 1.18. The molecule has 0 aliphatic heterocycles. The van der Waals surface area contributed by atoms with Crippen molar-refractivity contribution in [3.05, 3.63) is 29.5 Å². The van der Waals surface area contributed by atoms with Crippen molar-refractivity contribution in [2.75, 3.05) is 5.73 Å². The van der Waals surface area contributed by atoms with Crippen LogP contribution >= 0.6 is 0 Å². The number of hydrogen-bond donors (Lipinski definition) is 1. The Labute approximate surface area is 76.6 Å². The molecule has 1 aromatic heterocycles. The molecule has 0 radical (unpaired) electrons. The molecule has 0 saturated heterocycles. The Morgan fingerprint density at radius 1 is 1.15 bits per heavy atom. The van der Waals surface area contributed by atoms with Crippen LogP contribution in [0.5, 0.6) is 0 Å². The number of nitrogens with zero attached hydrogens (tertiary/aromatic N) is 2. The number of fused-ring (bicyclic) bond motifs is 1. The summed E-state index contributed by atoms with van der Waals surface area (Å²) in [6, 6.07) is 5.90. The third-order valence-electron chi connectivity index (χ3n) is 2.11. The summed E-state index contributed by atoms with van der Waals surface area (Å²) in [4.78, 5) is 8.64. The van der Waals surface area contributed by atoms with E-state index >= 15 is 0 Å². The fourth-order valence-corrected chi connectivity index (χ4v) is 1.31. The molecule has 2 N–H and O–H groups in total. The van der Waals surface area contributed by atoms with E-state index in [4.69, 9.17) is 5.73 Å². The van der Waals surface area contributed by atoms with Crippen molar-refractivity contribution in [1.82, 2.24) is 9.97 Å². The van der Waals surface area contributed by atoms with Gasteiger partial charge in [0.05, 0.1) is 16.7 Å². The Kier molecular flexibility index (Phi) is 1.65. The van der Waals surface area contributed by atoms with E-state index in [9.17, 15) is 0 Å². The van der Waals surface area contributed by atoms with Crippen molar-refractivity contribution in [3.8, 4) is 0 Å². The first kappa shape index (κ1) is 7.98. The lowest BCUT2D eigenvalue weighted by Crippen LogP contribution is -1.98. The van der Waals surface area contributed by atoms with E-state index in [0.717, 1.165) is 22.3 Å². The van der Waals surface area contributed by atoms with Gasteiger partial charge in [-0.3, -0.25) is 0 Å². The van der Waals surface area contributed by atoms with Crippen molar-refractivity contribution in [2.24, 2.45) is 0 Å². The van der Waals surface area contributed by atoms with Crippen LogP contribution in [0.15, 0.2) is 18.2 Å². The minimum absolute atomic E-state index is 0.512. The molecule has 66 valence electrons. The largest absolute Gasteiger partial charge is 0.382 e. The average molecular weight is 173 g/mol. The molecule has 0 spiro atoms. The van der Waals surface area contributed by atoms with Crippen LogP contribution in [-0.2, 0) is 0 Å². The SMILES string of the molecule is Cc1nc2c(C)cccc2nc1N. The fourth-order valence-electron chi connectivity index (χ4n) is 1.31. The third kappa shape index (κ3) is 1.22. The number of rotatable bonds is 0. The van der Waals surface area contributed by atoms with Gasteiger partial charge < -0.3 is 5.73 Å². The van der Waals surface area contributed by atoms with Crippen LogP contribution in [0.2, 0.25) is 0 Å². The molecule has 13 heavy (non-hydrogen) atoms. The Balaban J connectivity index is 2.89. The van der Waals surface area contributed by atoms with Gasteiger partial charge in [-0.25, -0.2) is 9.97 Å². The second-order valence-electron chi connectivity index (χ2n) is 3.14. The zero-order valence-corrected chi connectivity index (χ0v) is 7.70. The first-order valence-corrected chi connectivity index (χ1v) is 4.18. The molecule has 2 aromatic rings. The molecule has 1 heterocycles. The van der Waals surface area contributed by atoms with Gasteiger partial charge in [0, 0.05) is 0 Å². The quantitative estimate of drug-likeness (QED) is 0.661. The van der Waals surface area contributed by atoms with Gasteiger partial charge in [0.15, 0.2) is 0 Å². The van der Waals surface area contributed by atoms with Gasteiger partial charge >= 0.3 is 0 Å². The Morgan fingerprint density at radius 2 is 1.92 bits per heavy atom. The molecule has 0 saturated carbocycles. The number of aromatic nitrogens is 2. The average Bonchev–Trinajstić information content (AvgIpc) is 2.09. The highest BCUT2D eigenvalue weighted by Gasteiger charge is 2.02. The van der Waals surface area contributed by atoms with Gasteiger partial charge in [-0.2, -0.15) is 0 Å². The molecule has 0 bridgehead atoms. The maximum absolute atomic E-state index is 5.66. The molecule has 0 aliphatic carbocycles. The second kappa shape index (κ2) is 2.69. The lowest BCUT2D eigenvalue weighted by atomic mass is 10.2. The summed E-state index contributed by atoms with van der Waals surface area (Å²) in [7, 11) is 0. The molecular weight excluding hydrogens is 162 g/mol. The number of benzene rings is 1. The lowest BCUT2D eigenvalue weighted by Gasteiger charge is -2.03. The molecule has 2 rings (SSSR count). The predicted molar refractivity (Wildman–Crippen MR) is 53.4 cm³/mol. The van der Waals surface area contributed by atoms with Crippen molar-refractivity contribution in [1.29, 1.82) is 0 Å². The van der Waals surface area contributed by atoms with Crippen molar-refractivity contribution in [2.45, 2.75) is 13.8 Å². The van der Waals surface area contributed by atoms with E-state index in [1.54, 1.807) is 0 Å². The number of nitrogens with two attached hydrogens (primary N) is 1. The fraction of sp³-hybridized carbons (Fsp3) is 0.200. The highest BCUT2D eigenvalue weighted by molar-refractivity contribution is 5.79. The van der Waals surface area contributed by atoms with Crippen LogP contribution in [0.1, 0.15) is 11.3 Å².